The number of benzene rings is 1. The summed E-state index contributed by atoms with van der Waals surface area (Å²) in [7, 11) is 0. The maximum absolute atomic E-state index is 12.0. The number of aliphatic carboxylic acids is 1. The summed E-state index contributed by atoms with van der Waals surface area (Å²) >= 11 is 3.24. The van der Waals surface area contributed by atoms with Crippen molar-refractivity contribution < 1.29 is 19.1 Å². The predicted molar refractivity (Wildman–Crippen MR) is 75.9 cm³/mol. The van der Waals surface area contributed by atoms with Gasteiger partial charge in [0.1, 0.15) is 11.5 Å². The van der Waals surface area contributed by atoms with Crippen molar-refractivity contribution in [3.05, 3.63) is 64.2 Å². The van der Waals surface area contributed by atoms with Crippen molar-refractivity contribution in [1.82, 2.24) is 5.32 Å². The van der Waals surface area contributed by atoms with Crippen LogP contribution in [0.2, 0.25) is 0 Å². The van der Waals surface area contributed by atoms with Crippen molar-refractivity contribution in [2.75, 3.05) is 0 Å². The van der Waals surface area contributed by atoms with E-state index in [4.69, 9.17) is 9.52 Å². The van der Waals surface area contributed by atoms with Gasteiger partial charge in [0.05, 0.1) is 11.8 Å². The fraction of sp³-hybridized carbons (Fsp3) is 0. The summed E-state index contributed by atoms with van der Waals surface area (Å²) in [6, 6.07) is 9.96. The summed E-state index contributed by atoms with van der Waals surface area (Å²) in [6.45, 7) is 0. The van der Waals surface area contributed by atoms with E-state index in [1.165, 1.54) is 12.3 Å². The number of carboxylic acid groups (broad SMARTS) is 1. The van der Waals surface area contributed by atoms with Gasteiger partial charge in [-0.15, -0.1) is 0 Å². The van der Waals surface area contributed by atoms with E-state index in [-0.39, 0.29) is 5.70 Å². The van der Waals surface area contributed by atoms with Crippen molar-refractivity contribution in [1.29, 1.82) is 0 Å². The molecule has 1 aromatic carbocycles. The number of amides is 1. The molecule has 6 heteroatoms. The van der Waals surface area contributed by atoms with E-state index in [1.807, 2.05) is 0 Å². The van der Waals surface area contributed by atoms with Gasteiger partial charge in [-0.3, -0.25) is 4.79 Å². The molecule has 20 heavy (non-hydrogen) atoms. The highest BCUT2D eigenvalue weighted by Gasteiger charge is 2.15. The fourth-order valence-electron chi connectivity index (χ4n) is 1.50. The van der Waals surface area contributed by atoms with Crippen LogP contribution in [0.15, 0.2) is 57.2 Å². The molecule has 0 bridgehead atoms. The molecule has 0 saturated heterocycles. The number of rotatable bonds is 4. The highest BCUT2D eigenvalue weighted by Crippen LogP contribution is 2.16. The molecule has 1 heterocycles. The molecule has 0 aliphatic carbocycles. The van der Waals surface area contributed by atoms with Gasteiger partial charge in [0.2, 0.25) is 0 Å². The van der Waals surface area contributed by atoms with Gasteiger partial charge in [0, 0.05) is 10.5 Å². The van der Waals surface area contributed by atoms with Crippen molar-refractivity contribution in [2.45, 2.75) is 0 Å². The molecule has 0 unspecified atom stereocenters. The average molecular weight is 336 g/mol. The van der Waals surface area contributed by atoms with Gasteiger partial charge in [0.25, 0.3) is 5.91 Å². The topological polar surface area (TPSA) is 79.5 Å². The van der Waals surface area contributed by atoms with Crippen molar-refractivity contribution in [2.24, 2.45) is 0 Å². The summed E-state index contributed by atoms with van der Waals surface area (Å²) in [5.74, 6) is -1.42. The molecule has 1 amide bonds. The van der Waals surface area contributed by atoms with E-state index in [0.29, 0.717) is 15.8 Å². The number of furan rings is 1. The monoisotopic (exact) mass is 335 g/mol. The summed E-state index contributed by atoms with van der Waals surface area (Å²) in [4.78, 5) is 23.2. The number of halogens is 1. The normalized spacial score (nSPS) is 11.2. The van der Waals surface area contributed by atoms with E-state index >= 15 is 0 Å². The Morgan fingerprint density at radius 3 is 2.55 bits per heavy atom. The Balaban J connectivity index is 2.24. The second-order valence-corrected chi connectivity index (χ2v) is 4.67. The van der Waals surface area contributed by atoms with Gasteiger partial charge in [0.15, 0.2) is 0 Å². The third kappa shape index (κ3) is 3.36. The lowest BCUT2D eigenvalue weighted by Gasteiger charge is -2.07. The number of carbonyl (C=O) groups excluding carboxylic acids is 1. The first-order valence-electron chi connectivity index (χ1n) is 5.62. The largest absolute Gasteiger partial charge is 0.477 e. The van der Waals surface area contributed by atoms with Crippen LogP contribution in [0.5, 0.6) is 0 Å². The molecule has 2 rings (SSSR count). The Morgan fingerprint density at radius 1 is 1.20 bits per heavy atom. The Kier molecular flexibility index (Phi) is 4.37. The average Bonchev–Trinajstić information content (AvgIpc) is 2.91. The fourth-order valence-corrected chi connectivity index (χ4v) is 1.97. The minimum Gasteiger partial charge on any atom is -0.477 e. The quantitative estimate of drug-likeness (QED) is 0.842. The minimum absolute atomic E-state index is 0.263. The highest BCUT2D eigenvalue weighted by molar-refractivity contribution is 9.10. The zero-order valence-corrected chi connectivity index (χ0v) is 11.8. The molecule has 0 spiro atoms. The van der Waals surface area contributed by atoms with Crippen LogP contribution in [0, 0.1) is 0 Å². The van der Waals surface area contributed by atoms with Crippen LogP contribution in [0.3, 0.4) is 0 Å². The van der Waals surface area contributed by atoms with Crippen molar-refractivity contribution in [3.8, 4) is 0 Å². The summed E-state index contributed by atoms with van der Waals surface area (Å²) < 4.78 is 5.61. The summed E-state index contributed by atoms with van der Waals surface area (Å²) in [5, 5.41) is 11.4. The maximum Gasteiger partial charge on any atom is 0.352 e. The second-order valence-electron chi connectivity index (χ2n) is 3.81. The molecular formula is C14H10BrNO4. The molecule has 102 valence electrons. The van der Waals surface area contributed by atoms with Gasteiger partial charge < -0.3 is 14.8 Å². The predicted octanol–water partition coefficient (Wildman–Crippen LogP) is 2.90. The van der Waals surface area contributed by atoms with Gasteiger partial charge in [-0.1, -0.05) is 12.1 Å². The number of carbonyl (C=O) groups is 2. The summed E-state index contributed by atoms with van der Waals surface area (Å²) in [6.07, 6.45) is 2.66. The Bertz CT molecular complexity index is 662. The van der Waals surface area contributed by atoms with E-state index in [0.717, 1.165) is 0 Å². The number of nitrogens with one attached hydrogen (secondary N) is 1. The Morgan fingerprint density at radius 2 is 1.95 bits per heavy atom. The Hall–Kier alpha value is -2.34. The summed E-state index contributed by atoms with van der Waals surface area (Å²) in [5.41, 5.74) is 0.0831. The van der Waals surface area contributed by atoms with E-state index in [1.54, 1.807) is 36.4 Å². The molecule has 0 aliphatic rings. The number of hydrogen-bond donors (Lipinski definition) is 2. The van der Waals surface area contributed by atoms with Crippen LogP contribution >= 0.6 is 15.9 Å². The molecule has 0 fully saturated rings. The van der Waals surface area contributed by atoms with E-state index in [9.17, 15) is 9.59 Å². The molecule has 2 N–H and O–H groups in total. The van der Waals surface area contributed by atoms with Crippen LogP contribution in [-0.4, -0.2) is 17.0 Å². The first-order valence-corrected chi connectivity index (χ1v) is 6.41. The van der Waals surface area contributed by atoms with Gasteiger partial charge in [-0.2, -0.15) is 0 Å². The molecule has 0 aliphatic heterocycles. The van der Waals surface area contributed by atoms with Crippen LogP contribution < -0.4 is 5.32 Å². The first-order chi connectivity index (χ1) is 9.58. The molecule has 0 atom stereocenters. The third-order valence-electron chi connectivity index (χ3n) is 2.43. The molecule has 0 radical (unpaired) electrons. The second kappa shape index (κ2) is 6.21. The van der Waals surface area contributed by atoms with E-state index in [2.05, 4.69) is 21.2 Å². The molecule has 5 nitrogen and oxygen atoms in total. The van der Waals surface area contributed by atoms with Crippen molar-refractivity contribution >= 4 is 33.9 Å². The van der Waals surface area contributed by atoms with Gasteiger partial charge in [-0.25, -0.2) is 4.79 Å². The third-order valence-corrected chi connectivity index (χ3v) is 3.12. The maximum atomic E-state index is 12.0. The zero-order chi connectivity index (χ0) is 14.5. The number of hydrogen-bond acceptors (Lipinski definition) is 3. The highest BCUT2D eigenvalue weighted by atomic mass is 79.9. The molecular weight excluding hydrogens is 326 g/mol. The molecule has 2 aromatic rings. The van der Waals surface area contributed by atoms with Crippen LogP contribution in [0.25, 0.3) is 6.08 Å². The SMILES string of the molecule is O=C(O)C(=Cc1ccco1)NC(=O)c1ccccc1Br. The zero-order valence-electron chi connectivity index (χ0n) is 10.2. The van der Waals surface area contributed by atoms with Crippen molar-refractivity contribution in [3.63, 3.8) is 0 Å². The van der Waals surface area contributed by atoms with Gasteiger partial charge >= 0.3 is 5.97 Å². The standard InChI is InChI=1S/C14H10BrNO4/c15-11-6-2-1-5-10(11)13(17)16-12(14(18)19)8-9-4-3-7-20-9/h1-8H,(H,16,17)(H,18,19). The first kappa shape index (κ1) is 14.1. The van der Waals surface area contributed by atoms with E-state index < -0.39 is 11.9 Å². The lowest BCUT2D eigenvalue weighted by molar-refractivity contribution is -0.132. The molecule has 0 saturated carbocycles. The van der Waals surface area contributed by atoms with Gasteiger partial charge in [-0.05, 0) is 40.2 Å². The minimum atomic E-state index is -1.25. The molecule has 1 aromatic heterocycles. The smallest absolute Gasteiger partial charge is 0.352 e. The Labute approximate surface area is 123 Å². The van der Waals surface area contributed by atoms with Crippen LogP contribution in [-0.2, 0) is 4.79 Å². The lowest BCUT2D eigenvalue weighted by atomic mass is 10.2. The lowest BCUT2D eigenvalue weighted by Crippen LogP contribution is -2.27. The van der Waals surface area contributed by atoms with Crippen LogP contribution in [0.1, 0.15) is 16.1 Å². The number of carboxylic acids is 1. The van der Waals surface area contributed by atoms with Crippen LogP contribution in [0.4, 0.5) is 0 Å².